The third kappa shape index (κ3) is 4.87. The molecule has 0 aliphatic rings. The standard InChI is InChI=1S/C51H31N5O/c1-4-14-32(15-5-1)49-52-50(33-16-6-2-7-17-33)54-51(53-49)34-24-26-39-40-27-25-36(31-46(40)57-45(39)30-34)56-44-23-13-11-21-38(44)42-29-28-41-37-20-10-12-22-43(37)55(47(41)48(42)56)35-18-8-3-9-19-35/h1-31H. The number of hydrogen-bond donors (Lipinski definition) is 0. The highest BCUT2D eigenvalue weighted by Gasteiger charge is 2.22. The summed E-state index contributed by atoms with van der Waals surface area (Å²) in [6, 6.07) is 65.6. The zero-order valence-electron chi connectivity index (χ0n) is 30.5. The van der Waals surface area contributed by atoms with Crippen LogP contribution in [0.5, 0.6) is 0 Å². The molecule has 8 aromatic carbocycles. The van der Waals surface area contributed by atoms with E-state index in [1.165, 1.54) is 32.6 Å². The van der Waals surface area contributed by atoms with Gasteiger partial charge >= 0.3 is 0 Å². The molecule has 0 aliphatic heterocycles. The zero-order chi connectivity index (χ0) is 37.5. The van der Waals surface area contributed by atoms with E-state index in [4.69, 9.17) is 19.4 Å². The van der Waals surface area contributed by atoms with Crippen molar-refractivity contribution in [3.63, 3.8) is 0 Å². The molecule has 6 nitrogen and oxygen atoms in total. The smallest absolute Gasteiger partial charge is 0.164 e. The molecule has 0 atom stereocenters. The Balaban J connectivity index is 1.07. The average Bonchev–Trinajstić information content (AvgIpc) is 3.94. The minimum Gasteiger partial charge on any atom is -0.456 e. The van der Waals surface area contributed by atoms with Crippen molar-refractivity contribution < 1.29 is 4.42 Å². The van der Waals surface area contributed by atoms with Crippen LogP contribution >= 0.6 is 0 Å². The van der Waals surface area contributed by atoms with E-state index in [1.54, 1.807) is 0 Å². The maximum atomic E-state index is 6.75. The van der Waals surface area contributed by atoms with Crippen LogP contribution in [0.4, 0.5) is 0 Å². The van der Waals surface area contributed by atoms with Gasteiger partial charge in [0.25, 0.3) is 0 Å². The molecule has 0 aliphatic carbocycles. The van der Waals surface area contributed by atoms with E-state index in [2.05, 4.69) is 137 Å². The summed E-state index contributed by atoms with van der Waals surface area (Å²) in [6.07, 6.45) is 0. The van der Waals surface area contributed by atoms with E-state index in [9.17, 15) is 0 Å². The number of benzene rings is 8. The molecule has 12 rings (SSSR count). The number of fused-ring (bicyclic) bond motifs is 10. The van der Waals surface area contributed by atoms with Crippen molar-refractivity contribution in [2.75, 3.05) is 0 Å². The van der Waals surface area contributed by atoms with Crippen LogP contribution in [0, 0.1) is 0 Å². The number of rotatable bonds is 5. The third-order valence-electron chi connectivity index (χ3n) is 11.2. The summed E-state index contributed by atoms with van der Waals surface area (Å²) in [7, 11) is 0. The van der Waals surface area contributed by atoms with E-state index in [0.717, 1.165) is 61.0 Å². The quantitative estimate of drug-likeness (QED) is 0.177. The lowest BCUT2D eigenvalue weighted by molar-refractivity contribution is 0.668. The van der Waals surface area contributed by atoms with Crippen molar-refractivity contribution in [3.8, 4) is 45.5 Å². The van der Waals surface area contributed by atoms with Gasteiger partial charge in [-0.25, -0.2) is 15.0 Å². The summed E-state index contributed by atoms with van der Waals surface area (Å²) < 4.78 is 11.6. The van der Waals surface area contributed by atoms with Gasteiger partial charge in [-0.2, -0.15) is 0 Å². The second-order valence-corrected chi connectivity index (χ2v) is 14.4. The van der Waals surface area contributed by atoms with Crippen LogP contribution in [0.1, 0.15) is 0 Å². The molecule has 266 valence electrons. The van der Waals surface area contributed by atoms with Crippen LogP contribution < -0.4 is 0 Å². The van der Waals surface area contributed by atoms with Gasteiger partial charge in [-0.3, -0.25) is 0 Å². The van der Waals surface area contributed by atoms with Gasteiger partial charge in [0.15, 0.2) is 17.5 Å². The fourth-order valence-corrected chi connectivity index (χ4v) is 8.60. The monoisotopic (exact) mass is 729 g/mol. The first-order chi connectivity index (χ1) is 28.3. The first-order valence-electron chi connectivity index (χ1n) is 19.1. The lowest BCUT2D eigenvalue weighted by Crippen LogP contribution is -2.00. The number of aromatic nitrogens is 5. The Labute approximate surface area is 326 Å². The second kappa shape index (κ2) is 12.3. The highest BCUT2D eigenvalue weighted by Crippen LogP contribution is 2.42. The minimum absolute atomic E-state index is 0.592. The van der Waals surface area contributed by atoms with Crippen molar-refractivity contribution >= 4 is 65.6 Å². The molecule has 0 spiro atoms. The molecule has 0 saturated heterocycles. The van der Waals surface area contributed by atoms with Crippen LogP contribution in [-0.4, -0.2) is 24.1 Å². The molecule has 0 radical (unpaired) electrons. The molecule has 0 bridgehead atoms. The molecule has 4 heterocycles. The minimum atomic E-state index is 0.592. The fraction of sp³-hybridized carbons (Fsp3) is 0. The predicted molar refractivity (Wildman–Crippen MR) is 232 cm³/mol. The number of furan rings is 1. The van der Waals surface area contributed by atoms with E-state index in [1.807, 2.05) is 60.7 Å². The Kier molecular flexibility index (Phi) is 6.83. The normalized spacial score (nSPS) is 11.9. The Morgan fingerprint density at radius 3 is 1.33 bits per heavy atom. The Morgan fingerprint density at radius 2 is 0.754 bits per heavy atom. The second-order valence-electron chi connectivity index (χ2n) is 14.4. The Morgan fingerprint density at radius 1 is 0.316 bits per heavy atom. The number of hydrogen-bond acceptors (Lipinski definition) is 4. The largest absolute Gasteiger partial charge is 0.456 e. The summed E-state index contributed by atoms with van der Waals surface area (Å²) in [5.41, 5.74) is 11.1. The first-order valence-corrected chi connectivity index (χ1v) is 19.1. The lowest BCUT2D eigenvalue weighted by Gasteiger charge is -2.12. The Bertz CT molecular complexity index is 3450. The van der Waals surface area contributed by atoms with Crippen molar-refractivity contribution in [1.29, 1.82) is 0 Å². The molecule has 57 heavy (non-hydrogen) atoms. The van der Waals surface area contributed by atoms with Gasteiger partial charge in [0.05, 0.1) is 27.8 Å². The summed E-state index contributed by atoms with van der Waals surface area (Å²) in [4.78, 5) is 14.8. The van der Waals surface area contributed by atoms with Crippen LogP contribution in [0.25, 0.3) is 111 Å². The molecule has 4 aromatic heterocycles. The SMILES string of the molecule is c1ccc(-c2nc(-c3ccccc3)nc(-c3ccc4c(c3)oc3cc(-n5c6ccccc6c6ccc7c8ccccc8n(-c8ccccc8)c7c65)ccc34)n2)cc1. The molecule has 0 unspecified atom stereocenters. The molecule has 0 fully saturated rings. The van der Waals surface area contributed by atoms with E-state index in [-0.39, 0.29) is 0 Å². The van der Waals surface area contributed by atoms with E-state index in [0.29, 0.717) is 17.5 Å². The van der Waals surface area contributed by atoms with Crippen molar-refractivity contribution in [2.45, 2.75) is 0 Å². The van der Waals surface area contributed by atoms with Gasteiger partial charge in [0.2, 0.25) is 0 Å². The molecular formula is C51H31N5O. The molecule has 0 amide bonds. The summed E-state index contributed by atoms with van der Waals surface area (Å²) >= 11 is 0. The van der Waals surface area contributed by atoms with E-state index < -0.39 is 0 Å². The van der Waals surface area contributed by atoms with Crippen molar-refractivity contribution in [3.05, 3.63) is 188 Å². The maximum Gasteiger partial charge on any atom is 0.164 e. The number of para-hydroxylation sites is 3. The molecular weight excluding hydrogens is 699 g/mol. The van der Waals surface area contributed by atoms with Crippen molar-refractivity contribution in [1.82, 2.24) is 24.1 Å². The van der Waals surface area contributed by atoms with Gasteiger partial charge in [0, 0.05) is 60.8 Å². The van der Waals surface area contributed by atoms with Crippen LogP contribution in [-0.2, 0) is 0 Å². The third-order valence-corrected chi connectivity index (χ3v) is 11.2. The Hall–Kier alpha value is -7.83. The highest BCUT2D eigenvalue weighted by molar-refractivity contribution is 6.24. The van der Waals surface area contributed by atoms with Gasteiger partial charge in [-0.05, 0) is 48.5 Å². The topological polar surface area (TPSA) is 61.7 Å². The molecule has 0 saturated carbocycles. The first kappa shape index (κ1) is 31.5. The molecule has 12 aromatic rings. The maximum absolute atomic E-state index is 6.75. The molecule has 6 heteroatoms. The summed E-state index contributed by atoms with van der Waals surface area (Å²) in [5, 5.41) is 6.94. The van der Waals surface area contributed by atoms with Crippen LogP contribution in [0.15, 0.2) is 192 Å². The van der Waals surface area contributed by atoms with Gasteiger partial charge < -0.3 is 13.6 Å². The van der Waals surface area contributed by atoms with Crippen molar-refractivity contribution in [2.24, 2.45) is 0 Å². The van der Waals surface area contributed by atoms with Crippen LogP contribution in [0.2, 0.25) is 0 Å². The zero-order valence-corrected chi connectivity index (χ0v) is 30.5. The van der Waals surface area contributed by atoms with Crippen LogP contribution in [0.3, 0.4) is 0 Å². The van der Waals surface area contributed by atoms with E-state index >= 15 is 0 Å². The average molecular weight is 730 g/mol. The fourth-order valence-electron chi connectivity index (χ4n) is 8.60. The number of nitrogens with zero attached hydrogens (tertiary/aromatic N) is 5. The highest BCUT2D eigenvalue weighted by atomic mass is 16.3. The van der Waals surface area contributed by atoms with Gasteiger partial charge in [-0.1, -0.05) is 133 Å². The summed E-state index contributed by atoms with van der Waals surface area (Å²) in [6.45, 7) is 0. The predicted octanol–water partition coefficient (Wildman–Crippen LogP) is 13.0. The molecule has 0 N–H and O–H groups in total. The van der Waals surface area contributed by atoms with Gasteiger partial charge in [-0.15, -0.1) is 0 Å². The lowest BCUT2D eigenvalue weighted by atomic mass is 10.1. The summed E-state index contributed by atoms with van der Waals surface area (Å²) in [5.74, 6) is 1.84. The van der Waals surface area contributed by atoms with Gasteiger partial charge in [0.1, 0.15) is 11.2 Å².